The van der Waals surface area contributed by atoms with Crippen molar-refractivity contribution in [2.75, 3.05) is 11.5 Å². The fourth-order valence-corrected chi connectivity index (χ4v) is 4.63. The summed E-state index contributed by atoms with van der Waals surface area (Å²) in [6.07, 6.45) is 3.46. The molecule has 3 aromatic rings. The molecule has 0 radical (unpaired) electrons. The number of esters is 1. The molecule has 1 aromatic heterocycles. The Morgan fingerprint density at radius 2 is 1.94 bits per heavy atom. The van der Waals surface area contributed by atoms with Gasteiger partial charge < -0.3 is 9.30 Å². The Labute approximate surface area is 195 Å². The third-order valence-electron chi connectivity index (χ3n) is 4.64. The Morgan fingerprint density at radius 3 is 2.65 bits per heavy atom. The van der Waals surface area contributed by atoms with E-state index in [9.17, 15) is 14.4 Å². The number of carbonyl (C=O) groups is 3. The second-order valence-corrected chi connectivity index (χ2v) is 9.02. The lowest BCUT2D eigenvalue weighted by Crippen LogP contribution is -2.27. The normalized spacial score (nSPS) is 15.3. The summed E-state index contributed by atoms with van der Waals surface area (Å²) in [5.74, 6) is -0.754. The Morgan fingerprint density at radius 1 is 1.19 bits per heavy atom. The molecule has 0 saturated carbocycles. The van der Waals surface area contributed by atoms with Crippen molar-refractivity contribution in [3.8, 4) is 0 Å². The van der Waals surface area contributed by atoms with E-state index in [1.165, 1.54) is 0 Å². The van der Waals surface area contributed by atoms with E-state index in [4.69, 9.17) is 16.3 Å². The number of thioether (sulfide) groups is 1. The van der Waals surface area contributed by atoms with Crippen LogP contribution in [0.3, 0.4) is 0 Å². The van der Waals surface area contributed by atoms with Crippen LogP contribution in [0.5, 0.6) is 0 Å². The van der Waals surface area contributed by atoms with E-state index in [2.05, 4.69) is 15.9 Å². The maximum atomic E-state index is 13.0. The van der Waals surface area contributed by atoms with Gasteiger partial charge >= 0.3 is 5.97 Å². The van der Waals surface area contributed by atoms with E-state index in [0.717, 1.165) is 37.6 Å². The molecule has 0 N–H and O–H groups in total. The number of fused-ring (bicyclic) bond motifs is 1. The third kappa shape index (κ3) is 4.42. The molecule has 0 bridgehead atoms. The van der Waals surface area contributed by atoms with Crippen LogP contribution in [0.4, 0.5) is 10.5 Å². The van der Waals surface area contributed by atoms with E-state index in [1.54, 1.807) is 48.0 Å². The van der Waals surface area contributed by atoms with Crippen LogP contribution in [0.1, 0.15) is 12.5 Å². The van der Waals surface area contributed by atoms with Gasteiger partial charge in [0.25, 0.3) is 11.1 Å². The average molecular weight is 520 g/mol. The molecule has 6 nitrogen and oxygen atoms in total. The van der Waals surface area contributed by atoms with Crippen LogP contribution in [-0.4, -0.2) is 28.3 Å². The minimum Gasteiger partial charge on any atom is -0.465 e. The number of imide groups is 1. The lowest BCUT2D eigenvalue weighted by Gasteiger charge is -2.12. The summed E-state index contributed by atoms with van der Waals surface area (Å²) in [6, 6.07) is 12.2. The average Bonchev–Trinajstić information content (AvgIpc) is 3.19. The number of carbonyl (C=O) groups excluding carboxylic acids is 3. The highest BCUT2D eigenvalue weighted by Gasteiger charge is 2.36. The number of halogens is 2. The Balaban J connectivity index is 1.72. The van der Waals surface area contributed by atoms with Crippen molar-refractivity contribution in [1.29, 1.82) is 0 Å². The number of rotatable bonds is 5. The maximum absolute atomic E-state index is 13.0. The summed E-state index contributed by atoms with van der Waals surface area (Å²) < 4.78 is 7.69. The molecule has 4 rings (SSSR count). The van der Waals surface area contributed by atoms with Gasteiger partial charge in [0, 0.05) is 32.2 Å². The number of ether oxygens (including phenoxy) is 1. The van der Waals surface area contributed by atoms with Crippen molar-refractivity contribution < 1.29 is 19.1 Å². The van der Waals surface area contributed by atoms with Crippen LogP contribution in [0.2, 0.25) is 5.02 Å². The predicted octanol–water partition coefficient (Wildman–Crippen LogP) is 5.86. The zero-order valence-electron chi connectivity index (χ0n) is 16.3. The monoisotopic (exact) mass is 518 g/mol. The number of benzene rings is 2. The molecule has 2 heterocycles. The molecule has 0 unspecified atom stereocenters. The predicted molar refractivity (Wildman–Crippen MR) is 126 cm³/mol. The van der Waals surface area contributed by atoms with Crippen molar-refractivity contribution in [3.05, 3.63) is 68.6 Å². The standard InChI is InChI=1S/C22H16BrClN2O4S/c1-2-30-20(27)12-25-11-13(17-10-14(23)3-8-18(17)25)9-19-21(28)26(22(29)31-19)16-6-4-15(24)5-7-16/h3-11H,2,12H2,1H3/b19-9-. The molecule has 0 spiro atoms. The Hall–Kier alpha value is -2.55. The molecular weight excluding hydrogens is 504 g/mol. The van der Waals surface area contributed by atoms with Gasteiger partial charge in [0.2, 0.25) is 0 Å². The summed E-state index contributed by atoms with van der Waals surface area (Å²) in [5, 5.41) is 0.984. The highest BCUT2D eigenvalue weighted by Crippen LogP contribution is 2.37. The molecule has 9 heteroatoms. The van der Waals surface area contributed by atoms with Crippen LogP contribution < -0.4 is 4.90 Å². The molecule has 1 aliphatic heterocycles. The second kappa shape index (κ2) is 8.90. The molecule has 1 fully saturated rings. The van der Waals surface area contributed by atoms with Crippen LogP contribution in [0.25, 0.3) is 17.0 Å². The Bertz CT molecular complexity index is 1240. The first-order chi connectivity index (χ1) is 14.9. The van der Waals surface area contributed by atoms with Gasteiger partial charge in [0.15, 0.2) is 0 Å². The van der Waals surface area contributed by atoms with Crippen molar-refractivity contribution in [2.24, 2.45) is 0 Å². The molecule has 2 aromatic carbocycles. The maximum Gasteiger partial charge on any atom is 0.325 e. The SMILES string of the molecule is CCOC(=O)Cn1cc(/C=C2\SC(=O)N(c3ccc(Cl)cc3)C2=O)c2cc(Br)ccc21. The minimum absolute atomic E-state index is 0.0477. The van der Waals surface area contributed by atoms with Crippen molar-refractivity contribution in [2.45, 2.75) is 13.5 Å². The molecule has 1 aliphatic rings. The van der Waals surface area contributed by atoms with Crippen LogP contribution in [0.15, 0.2) is 58.0 Å². The first-order valence-corrected chi connectivity index (χ1v) is 11.3. The fourth-order valence-electron chi connectivity index (χ4n) is 3.31. The van der Waals surface area contributed by atoms with E-state index in [0.29, 0.717) is 22.2 Å². The van der Waals surface area contributed by atoms with Crippen molar-refractivity contribution >= 4 is 79.1 Å². The number of anilines is 1. The first-order valence-electron chi connectivity index (χ1n) is 9.35. The van der Waals surface area contributed by atoms with Gasteiger partial charge in [-0.3, -0.25) is 14.4 Å². The van der Waals surface area contributed by atoms with E-state index in [-0.39, 0.29) is 17.8 Å². The van der Waals surface area contributed by atoms with Crippen molar-refractivity contribution in [1.82, 2.24) is 4.57 Å². The number of hydrogen-bond acceptors (Lipinski definition) is 5. The van der Waals surface area contributed by atoms with Gasteiger partial charge in [-0.2, -0.15) is 0 Å². The van der Waals surface area contributed by atoms with Crippen LogP contribution in [0, 0.1) is 0 Å². The quantitative estimate of drug-likeness (QED) is 0.312. The summed E-state index contributed by atoms with van der Waals surface area (Å²) in [4.78, 5) is 38.9. The Kier molecular flexibility index (Phi) is 6.22. The zero-order valence-corrected chi connectivity index (χ0v) is 19.5. The molecule has 0 atom stereocenters. The highest BCUT2D eigenvalue weighted by molar-refractivity contribution is 9.10. The van der Waals surface area contributed by atoms with Gasteiger partial charge in [0.1, 0.15) is 6.54 Å². The van der Waals surface area contributed by atoms with E-state index < -0.39 is 5.91 Å². The number of nitrogens with zero attached hydrogens (tertiary/aromatic N) is 2. The largest absolute Gasteiger partial charge is 0.465 e. The van der Waals surface area contributed by atoms with E-state index >= 15 is 0 Å². The van der Waals surface area contributed by atoms with Crippen molar-refractivity contribution in [3.63, 3.8) is 0 Å². The zero-order chi connectivity index (χ0) is 22.1. The highest BCUT2D eigenvalue weighted by atomic mass is 79.9. The number of amides is 2. The van der Waals surface area contributed by atoms with Gasteiger partial charge in [-0.15, -0.1) is 0 Å². The van der Waals surface area contributed by atoms with Gasteiger partial charge in [-0.25, -0.2) is 4.90 Å². The number of aromatic nitrogens is 1. The molecule has 0 aliphatic carbocycles. The molecule has 2 amide bonds. The summed E-state index contributed by atoms with van der Waals surface area (Å²) in [6.45, 7) is 2.10. The van der Waals surface area contributed by atoms with Gasteiger partial charge in [-0.1, -0.05) is 27.5 Å². The smallest absolute Gasteiger partial charge is 0.325 e. The topological polar surface area (TPSA) is 68.6 Å². The van der Waals surface area contributed by atoms with Gasteiger partial charge in [0.05, 0.1) is 17.2 Å². The molecule has 158 valence electrons. The fraction of sp³-hybridized carbons (Fsp3) is 0.136. The number of hydrogen-bond donors (Lipinski definition) is 0. The second-order valence-electron chi connectivity index (χ2n) is 6.67. The lowest BCUT2D eigenvalue weighted by atomic mass is 10.1. The summed E-state index contributed by atoms with van der Waals surface area (Å²) in [5.41, 5.74) is 2.00. The third-order valence-corrected chi connectivity index (χ3v) is 6.26. The summed E-state index contributed by atoms with van der Waals surface area (Å²) in [7, 11) is 0. The summed E-state index contributed by atoms with van der Waals surface area (Å²) >= 11 is 10.2. The van der Waals surface area contributed by atoms with Crippen LogP contribution >= 0.6 is 39.3 Å². The first kappa shape index (κ1) is 21.7. The minimum atomic E-state index is -0.404. The molecular formula is C22H16BrClN2O4S. The van der Waals surface area contributed by atoms with E-state index in [1.807, 2.05) is 18.2 Å². The van der Waals surface area contributed by atoms with Gasteiger partial charge in [-0.05, 0) is 67.2 Å². The van der Waals surface area contributed by atoms with Crippen LogP contribution in [-0.2, 0) is 20.9 Å². The molecule has 31 heavy (non-hydrogen) atoms. The lowest BCUT2D eigenvalue weighted by molar-refractivity contribution is -0.143. The molecule has 1 saturated heterocycles.